The Kier molecular flexibility index (Phi) is 4.08. The molecular weight excluding hydrogens is 272 g/mol. The van der Waals surface area contributed by atoms with E-state index in [1.807, 2.05) is 0 Å². The van der Waals surface area contributed by atoms with E-state index in [0.29, 0.717) is 18.5 Å². The summed E-state index contributed by atoms with van der Waals surface area (Å²) in [5.74, 6) is -0.0838. The van der Waals surface area contributed by atoms with Crippen LogP contribution in [0.3, 0.4) is 0 Å². The van der Waals surface area contributed by atoms with Crippen molar-refractivity contribution >= 4 is 17.3 Å². The fraction of sp³-hybridized carbons (Fsp3) is 0.733. The predicted octanol–water partition coefficient (Wildman–Crippen LogP) is 2.92. The van der Waals surface area contributed by atoms with Crippen LogP contribution in [0.25, 0.3) is 0 Å². The number of carboxylic acid groups (broad SMARTS) is 1. The zero-order valence-corrected chi connectivity index (χ0v) is 12.7. The first-order valence-corrected chi connectivity index (χ1v) is 8.48. The van der Waals surface area contributed by atoms with Crippen molar-refractivity contribution in [3.05, 3.63) is 16.1 Å². The van der Waals surface area contributed by atoms with Gasteiger partial charge in [0.15, 0.2) is 0 Å². The minimum Gasteiger partial charge on any atom is -0.480 e. The summed E-state index contributed by atoms with van der Waals surface area (Å²) in [5.41, 5.74) is 1.05. The zero-order valence-electron chi connectivity index (χ0n) is 11.9. The Morgan fingerprint density at radius 1 is 1.50 bits per heavy atom. The number of hydrogen-bond donors (Lipinski definition) is 1. The molecule has 3 rings (SSSR count). The van der Waals surface area contributed by atoms with Crippen LogP contribution in [0, 0.1) is 5.92 Å². The smallest absolute Gasteiger partial charge is 0.320 e. The lowest BCUT2D eigenvalue weighted by molar-refractivity contribution is -0.142. The van der Waals surface area contributed by atoms with Crippen LogP contribution in [0.5, 0.6) is 0 Å². The predicted molar refractivity (Wildman–Crippen MR) is 78.8 cm³/mol. The number of carboxylic acids is 1. The van der Waals surface area contributed by atoms with Gasteiger partial charge in [-0.2, -0.15) is 0 Å². The number of hydrogen-bond acceptors (Lipinski definition) is 4. The number of fused-ring (bicyclic) bond motifs is 1. The summed E-state index contributed by atoms with van der Waals surface area (Å²) in [5, 5.41) is 12.7. The molecule has 1 saturated carbocycles. The van der Waals surface area contributed by atoms with Crippen molar-refractivity contribution in [1.29, 1.82) is 0 Å². The summed E-state index contributed by atoms with van der Waals surface area (Å²) in [6.45, 7) is 2.81. The van der Waals surface area contributed by atoms with Crippen molar-refractivity contribution in [2.45, 2.75) is 64.1 Å². The number of aliphatic carboxylic acids is 1. The van der Waals surface area contributed by atoms with E-state index in [4.69, 9.17) is 0 Å². The molecule has 5 heteroatoms. The van der Waals surface area contributed by atoms with Gasteiger partial charge in [-0.1, -0.05) is 19.8 Å². The zero-order chi connectivity index (χ0) is 14.1. The first-order valence-electron chi connectivity index (χ1n) is 7.61. The molecule has 20 heavy (non-hydrogen) atoms. The molecule has 1 saturated heterocycles. The van der Waals surface area contributed by atoms with E-state index in [2.05, 4.69) is 22.2 Å². The second-order valence-electron chi connectivity index (χ2n) is 5.96. The van der Waals surface area contributed by atoms with E-state index in [1.165, 1.54) is 19.3 Å². The number of carbonyl (C=O) groups is 1. The Hall–Kier alpha value is -0.940. The van der Waals surface area contributed by atoms with Crippen LogP contribution in [0.1, 0.15) is 49.7 Å². The number of thiazole rings is 1. The molecular formula is C15H22N2O2S. The number of rotatable bonds is 4. The van der Waals surface area contributed by atoms with Gasteiger partial charge in [-0.3, -0.25) is 9.69 Å². The summed E-state index contributed by atoms with van der Waals surface area (Å²) in [6, 6.07) is 0.145. The molecule has 3 unspecified atom stereocenters. The van der Waals surface area contributed by atoms with Gasteiger partial charge < -0.3 is 5.11 Å². The SMILES string of the molecule is CCc1nc(CN2C(C(=O)O)CC3CCCCC32)cs1. The third-order valence-corrected chi connectivity index (χ3v) is 5.79. The van der Waals surface area contributed by atoms with Crippen molar-refractivity contribution in [2.75, 3.05) is 0 Å². The number of nitrogens with zero attached hydrogens (tertiary/aromatic N) is 2. The largest absolute Gasteiger partial charge is 0.480 e. The summed E-state index contributed by atoms with van der Waals surface area (Å²) < 4.78 is 0. The molecule has 1 aliphatic heterocycles. The van der Waals surface area contributed by atoms with Crippen LogP contribution >= 0.6 is 11.3 Å². The lowest BCUT2D eigenvalue weighted by Gasteiger charge is -2.32. The van der Waals surface area contributed by atoms with E-state index in [9.17, 15) is 9.90 Å². The van der Waals surface area contributed by atoms with Crippen LogP contribution in [0.4, 0.5) is 0 Å². The molecule has 2 fully saturated rings. The second-order valence-corrected chi connectivity index (χ2v) is 6.90. The van der Waals surface area contributed by atoms with E-state index in [1.54, 1.807) is 11.3 Å². The Labute approximate surface area is 123 Å². The van der Waals surface area contributed by atoms with Gasteiger partial charge in [0.05, 0.1) is 10.7 Å². The second kappa shape index (κ2) is 5.82. The molecule has 1 N–H and O–H groups in total. The number of aromatic nitrogens is 1. The van der Waals surface area contributed by atoms with Gasteiger partial charge in [0.25, 0.3) is 0 Å². The van der Waals surface area contributed by atoms with Gasteiger partial charge in [-0.25, -0.2) is 4.98 Å². The number of aryl methyl sites for hydroxylation is 1. The van der Waals surface area contributed by atoms with Gasteiger partial charge in [-0.15, -0.1) is 11.3 Å². The van der Waals surface area contributed by atoms with Gasteiger partial charge in [-0.05, 0) is 31.6 Å². The highest BCUT2D eigenvalue weighted by Gasteiger charge is 2.45. The summed E-state index contributed by atoms with van der Waals surface area (Å²) in [6.07, 6.45) is 6.63. The van der Waals surface area contributed by atoms with Crippen molar-refractivity contribution in [2.24, 2.45) is 5.92 Å². The normalized spacial score (nSPS) is 30.4. The Morgan fingerprint density at radius 2 is 2.30 bits per heavy atom. The molecule has 1 aromatic rings. The van der Waals surface area contributed by atoms with Crippen molar-refractivity contribution in [3.63, 3.8) is 0 Å². The first-order chi connectivity index (χ1) is 9.69. The summed E-state index contributed by atoms with van der Waals surface area (Å²) >= 11 is 1.69. The maximum absolute atomic E-state index is 11.5. The fourth-order valence-corrected chi connectivity index (χ4v) is 4.53. The van der Waals surface area contributed by atoms with E-state index in [-0.39, 0.29) is 6.04 Å². The summed E-state index contributed by atoms with van der Waals surface area (Å²) in [7, 11) is 0. The lowest BCUT2D eigenvalue weighted by atomic mass is 9.85. The molecule has 0 aromatic carbocycles. The average Bonchev–Trinajstić information content (AvgIpc) is 3.04. The lowest BCUT2D eigenvalue weighted by Crippen LogP contribution is -2.41. The van der Waals surface area contributed by atoms with Gasteiger partial charge >= 0.3 is 5.97 Å². The Balaban J connectivity index is 1.78. The highest BCUT2D eigenvalue weighted by molar-refractivity contribution is 7.09. The topological polar surface area (TPSA) is 53.4 Å². The molecule has 0 bridgehead atoms. The minimum absolute atomic E-state index is 0.310. The minimum atomic E-state index is -0.662. The van der Waals surface area contributed by atoms with E-state index >= 15 is 0 Å². The quantitative estimate of drug-likeness (QED) is 0.927. The molecule has 0 spiro atoms. The molecule has 1 aliphatic carbocycles. The van der Waals surface area contributed by atoms with E-state index < -0.39 is 5.97 Å². The van der Waals surface area contributed by atoms with Crippen LogP contribution < -0.4 is 0 Å². The monoisotopic (exact) mass is 294 g/mol. The molecule has 1 aromatic heterocycles. The third kappa shape index (κ3) is 2.61. The molecule has 0 amide bonds. The molecule has 4 nitrogen and oxygen atoms in total. The first kappa shape index (κ1) is 14.0. The highest BCUT2D eigenvalue weighted by atomic mass is 32.1. The molecule has 2 heterocycles. The third-order valence-electron chi connectivity index (χ3n) is 4.75. The van der Waals surface area contributed by atoms with Gasteiger partial charge in [0.1, 0.15) is 6.04 Å². The molecule has 110 valence electrons. The van der Waals surface area contributed by atoms with Gasteiger partial charge in [0.2, 0.25) is 0 Å². The standard InChI is InChI=1S/C15H22N2O2S/c1-2-14-16-11(9-20-14)8-17-12-6-4-3-5-10(12)7-13(17)15(18)19/h9-10,12-13H,2-8H2,1H3,(H,18,19). The van der Waals surface area contributed by atoms with Crippen LogP contribution in [-0.4, -0.2) is 33.0 Å². The molecule has 0 radical (unpaired) electrons. The van der Waals surface area contributed by atoms with Crippen LogP contribution in [0.15, 0.2) is 5.38 Å². The Bertz CT molecular complexity index is 488. The number of likely N-dealkylation sites (tertiary alicyclic amines) is 1. The van der Waals surface area contributed by atoms with Crippen LogP contribution in [0.2, 0.25) is 0 Å². The fourth-order valence-electron chi connectivity index (χ4n) is 3.79. The summed E-state index contributed by atoms with van der Waals surface area (Å²) in [4.78, 5) is 18.4. The highest BCUT2D eigenvalue weighted by Crippen LogP contribution is 2.40. The van der Waals surface area contributed by atoms with Crippen LogP contribution in [-0.2, 0) is 17.8 Å². The van der Waals surface area contributed by atoms with Crippen molar-refractivity contribution in [1.82, 2.24) is 9.88 Å². The van der Waals surface area contributed by atoms with Crippen molar-refractivity contribution in [3.8, 4) is 0 Å². The maximum atomic E-state index is 11.5. The van der Waals surface area contributed by atoms with Gasteiger partial charge in [0, 0.05) is 18.0 Å². The Morgan fingerprint density at radius 3 is 3.00 bits per heavy atom. The molecule has 3 atom stereocenters. The maximum Gasteiger partial charge on any atom is 0.320 e. The van der Waals surface area contributed by atoms with E-state index in [0.717, 1.165) is 30.0 Å². The molecule has 2 aliphatic rings. The van der Waals surface area contributed by atoms with Crippen molar-refractivity contribution < 1.29 is 9.90 Å². The average molecular weight is 294 g/mol.